The molecule has 1 aliphatic carbocycles. The average molecular weight is 184 g/mol. The lowest BCUT2D eigenvalue weighted by molar-refractivity contribution is -0.128. The number of rotatable bonds is 2. The van der Waals surface area contributed by atoms with Gasteiger partial charge in [-0.1, -0.05) is 13.3 Å². The maximum absolute atomic E-state index is 11.6. The first-order valence-electron chi connectivity index (χ1n) is 5.20. The summed E-state index contributed by atoms with van der Waals surface area (Å²) in [5.41, 5.74) is 5.94. The molecule has 1 saturated carbocycles. The summed E-state index contributed by atoms with van der Waals surface area (Å²) in [5.74, 6) is 0.617. The third-order valence-corrected chi connectivity index (χ3v) is 2.93. The normalized spacial score (nSPS) is 34.2. The van der Waals surface area contributed by atoms with Gasteiger partial charge in [0.2, 0.25) is 5.91 Å². The summed E-state index contributed by atoms with van der Waals surface area (Å²) in [4.78, 5) is 11.6. The fourth-order valence-electron chi connectivity index (χ4n) is 2.20. The zero-order valence-electron chi connectivity index (χ0n) is 8.55. The van der Waals surface area contributed by atoms with Crippen molar-refractivity contribution in [3.8, 4) is 0 Å². The fraction of sp³-hybridized carbons (Fsp3) is 0.900. The molecule has 3 unspecified atom stereocenters. The highest BCUT2D eigenvalue weighted by Crippen LogP contribution is 2.28. The number of hydrogen-bond donors (Lipinski definition) is 2. The van der Waals surface area contributed by atoms with Crippen molar-refractivity contribution in [3.63, 3.8) is 0 Å². The molecule has 3 N–H and O–H groups in total. The van der Waals surface area contributed by atoms with Gasteiger partial charge in [-0.15, -0.1) is 0 Å². The third-order valence-electron chi connectivity index (χ3n) is 2.93. The highest BCUT2D eigenvalue weighted by atomic mass is 16.1. The van der Waals surface area contributed by atoms with E-state index in [0.717, 1.165) is 19.3 Å². The molecule has 76 valence electrons. The summed E-state index contributed by atoms with van der Waals surface area (Å²) in [6, 6.07) is 0.0651. The van der Waals surface area contributed by atoms with Crippen molar-refractivity contribution in [1.82, 2.24) is 5.32 Å². The van der Waals surface area contributed by atoms with Crippen molar-refractivity contribution in [3.05, 3.63) is 0 Å². The molecule has 3 atom stereocenters. The monoisotopic (exact) mass is 184 g/mol. The molecule has 1 rings (SSSR count). The highest BCUT2D eigenvalue weighted by Gasteiger charge is 2.33. The van der Waals surface area contributed by atoms with E-state index < -0.39 is 0 Å². The zero-order chi connectivity index (χ0) is 9.84. The Bertz CT molecular complexity index is 172. The van der Waals surface area contributed by atoms with Gasteiger partial charge in [0.05, 0.1) is 5.92 Å². The molecule has 0 saturated heterocycles. The van der Waals surface area contributed by atoms with Crippen LogP contribution in [0.2, 0.25) is 0 Å². The number of nitrogens with two attached hydrogens (primary N) is 1. The van der Waals surface area contributed by atoms with Gasteiger partial charge in [-0.2, -0.15) is 0 Å². The fourth-order valence-corrected chi connectivity index (χ4v) is 2.20. The van der Waals surface area contributed by atoms with Gasteiger partial charge in [-0.3, -0.25) is 4.79 Å². The maximum Gasteiger partial charge on any atom is 0.224 e. The minimum absolute atomic E-state index is 0.0358. The Labute approximate surface area is 80.1 Å². The van der Waals surface area contributed by atoms with Crippen LogP contribution in [0.3, 0.4) is 0 Å². The van der Waals surface area contributed by atoms with Crippen LogP contribution in [0.4, 0.5) is 0 Å². The summed E-state index contributed by atoms with van der Waals surface area (Å²) in [5, 5.41) is 2.86. The van der Waals surface area contributed by atoms with Crippen molar-refractivity contribution in [2.24, 2.45) is 17.6 Å². The first-order valence-corrected chi connectivity index (χ1v) is 5.20. The van der Waals surface area contributed by atoms with Crippen LogP contribution < -0.4 is 11.1 Å². The van der Waals surface area contributed by atoms with E-state index in [1.54, 1.807) is 0 Å². The van der Waals surface area contributed by atoms with Crippen LogP contribution in [0.25, 0.3) is 0 Å². The Hall–Kier alpha value is -0.570. The van der Waals surface area contributed by atoms with E-state index in [-0.39, 0.29) is 17.9 Å². The number of amides is 1. The van der Waals surface area contributed by atoms with Gasteiger partial charge in [-0.25, -0.2) is 0 Å². The zero-order valence-corrected chi connectivity index (χ0v) is 8.55. The number of carbonyl (C=O) groups is 1. The molecule has 0 bridgehead atoms. The molecule has 0 spiro atoms. The van der Waals surface area contributed by atoms with Crippen molar-refractivity contribution in [2.75, 3.05) is 6.54 Å². The van der Waals surface area contributed by atoms with E-state index in [0.29, 0.717) is 12.5 Å². The molecule has 13 heavy (non-hydrogen) atoms. The van der Waals surface area contributed by atoms with Crippen molar-refractivity contribution < 1.29 is 4.79 Å². The number of nitrogens with one attached hydrogen (secondary N) is 1. The SMILES string of the molecule is CCNC(=O)C1C(C)CCCC1N. The smallest absolute Gasteiger partial charge is 0.224 e. The highest BCUT2D eigenvalue weighted by molar-refractivity contribution is 5.79. The van der Waals surface area contributed by atoms with Gasteiger partial charge >= 0.3 is 0 Å². The van der Waals surface area contributed by atoms with Crippen LogP contribution in [0.1, 0.15) is 33.1 Å². The second kappa shape index (κ2) is 4.61. The van der Waals surface area contributed by atoms with Gasteiger partial charge in [0.15, 0.2) is 0 Å². The molecule has 1 amide bonds. The summed E-state index contributed by atoms with van der Waals surface area (Å²) >= 11 is 0. The minimum atomic E-state index is 0.0358. The van der Waals surface area contributed by atoms with Gasteiger partial charge < -0.3 is 11.1 Å². The van der Waals surface area contributed by atoms with Crippen LogP contribution in [0.15, 0.2) is 0 Å². The van der Waals surface area contributed by atoms with Crippen LogP contribution >= 0.6 is 0 Å². The standard InChI is InChI=1S/C10H20N2O/c1-3-12-10(13)9-7(2)5-4-6-8(9)11/h7-9H,3-6,11H2,1-2H3,(H,12,13). The van der Waals surface area contributed by atoms with E-state index in [9.17, 15) is 4.79 Å². The first-order chi connectivity index (χ1) is 6.16. The lowest BCUT2D eigenvalue weighted by Crippen LogP contribution is -2.47. The molecule has 0 aromatic carbocycles. The second-order valence-electron chi connectivity index (χ2n) is 3.99. The molecule has 1 aliphatic rings. The predicted molar refractivity (Wildman–Crippen MR) is 53.2 cm³/mol. The summed E-state index contributed by atoms with van der Waals surface area (Å²) in [7, 11) is 0. The van der Waals surface area contributed by atoms with Gasteiger partial charge in [0, 0.05) is 12.6 Å². The van der Waals surface area contributed by atoms with E-state index in [1.807, 2.05) is 6.92 Å². The molecular weight excluding hydrogens is 164 g/mol. The number of hydrogen-bond acceptors (Lipinski definition) is 2. The van der Waals surface area contributed by atoms with Crippen LogP contribution in [0.5, 0.6) is 0 Å². The summed E-state index contributed by atoms with van der Waals surface area (Å²) in [6.07, 6.45) is 3.29. The molecule has 3 nitrogen and oxygen atoms in total. The molecular formula is C10H20N2O. The second-order valence-corrected chi connectivity index (χ2v) is 3.99. The molecule has 1 fully saturated rings. The third kappa shape index (κ3) is 2.44. The largest absolute Gasteiger partial charge is 0.356 e. The molecule has 0 aromatic heterocycles. The van der Waals surface area contributed by atoms with Gasteiger partial charge in [-0.05, 0) is 25.7 Å². The summed E-state index contributed by atoms with van der Waals surface area (Å²) < 4.78 is 0. The Morgan fingerprint density at radius 3 is 2.77 bits per heavy atom. The van der Waals surface area contributed by atoms with E-state index >= 15 is 0 Å². The van der Waals surface area contributed by atoms with E-state index in [1.165, 1.54) is 0 Å². The molecule has 0 radical (unpaired) electrons. The molecule has 0 aromatic rings. The molecule has 0 aliphatic heterocycles. The lowest BCUT2D eigenvalue weighted by Gasteiger charge is -2.32. The van der Waals surface area contributed by atoms with Gasteiger partial charge in [0.25, 0.3) is 0 Å². The van der Waals surface area contributed by atoms with E-state index in [2.05, 4.69) is 12.2 Å². The topological polar surface area (TPSA) is 55.1 Å². The van der Waals surface area contributed by atoms with Crippen molar-refractivity contribution >= 4 is 5.91 Å². The van der Waals surface area contributed by atoms with Crippen LogP contribution in [-0.4, -0.2) is 18.5 Å². The van der Waals surface area contributed by atoms with Crippen LogP contribution in [-0.2, 0) is 4.79 Å². The Kier molecular flexibility index (Phi) is 3.72. The minimum Gasteiger partial charge on any atom is -0.356 e. The predicted octanol–water partition coefficient (Wildman–Crippen LogP) is 0.886. The average Bonchev–Trinajstić information content (AvgIpc) is 2.04. The first kappa shape index (κ1) is 10.5. The summed E-state index contributed by atoms with van der Waals surface area (Å²) in [6.45, 7) is 4.77. The van der Waals surface area contributed by atoms with Crippen molar-refractivity contribution in [1.29, 1.82) is 0 Å². The van der Waals surface area contributed by atoms with Crippen molar-refractivity contribution in [2.45, 2.75) is 39.2 Å². The Morgan fingerprint density at radius 2 is 2.23 bits per heavy atom. The quantitative estimate of drug-likeness (QED) is 0.669. The lowest BCUT2D eigenvalue weighted by atomic mass is 9.76. The van der Waals surface area contributed by atoms with E-state index in [4.69, 9.17) is 5.73 Å². The van der Waals surface area contributed by atoms with Gasteiger partial charge in [0.1, 0.15) is 0 Å². The Balaban J connectivity index is 2.57. The maximum atomic E-state index is 11.6. The van der Waals surface area contributed by atoms with Crippen LogP contribution in [0, 0.1) is 11.8 Å². The molecule has 3 heteroatoms. The Morgan fingerprint density at radius 1 is 1.54 bits per heavy atom. The molecule has 0 heterocycles. The number of carbonyl (C=O) groups excluding carboxylic acids is 1.